The third kappa shape index (κ3) is 4.20. The molecule has 9 heteroatoms. The van der Waals surface area contributed by atoms with E-state index in [1.165, 1.54) is 19.2 Å². The average Bonchev–Trinajstić information content (AvgIpc) is 3.08. The molecule has 0 fully saturated rings. The monoisotopic (exact) mass is 409 g/mol. The van der Waals surface area contributed by atoms with Crippen LogP contribution in [0.5, 0.6) is 11.6 Å². The van der Waals surface area contributed by atoms with Crippen molar-refractivity contribution >= 4 is 32.6 Å². The van der Waals surface area contributed by atoms with E-state index in [0.29, 0.717) is 23.3 Å². The van der Waals surface area contributed by atoms with E-state index < -0.39 is 10.0 Å². The van der Waals surface area contributed by atoms with E-state index in [9.17, 15) is 8.42 Å². The molecule has 0 saturated carbocycles. The molecule has 148 valence electrons. The summed E-state index contributed by atoms with van der Waals surface area (Å²) >= 11 is 0. The highest BCUT2D eigenvalue weighted by Crippen LogP contribution is 2.26. The largest absolute Gasteiger partial charge is 0.439 e. The third-order valence-corrected chi connectivity index (χ3v) is 5.66. The first kappa shape index (κ1) is 18.9. The van der Waals surface area contributed by atoms with Gasteiger partial charge in [-0.1, -0.05) is 6.07 Å². The summed E-state index contributed by atoms with van der Waals surface area (Å²) in [4.78, 5) is 11.9. The Labute approximate surface area is 168 Å². The number of benzene rings is 2. The standard InChI is InChI=1S/C20H19N5O3S/c1-13-10-14-11-16(6-7-18(14)23-13)28-19-8-9-22-20(25-19)24-15-4-3-5-17(12-15)29(26,27)21-2/h3-12,21,23H,1-2H3,(H,22,24,25). The number of fused-ring (bicyclic) bond motifs is 1. The van der Waals surface area contributed by atoms with Gasteiger partial charge in [0, 0.05) is 34.5 Å². The number of aromatic nitrogens is 3. The molecule has 0 aliphatic heterocycles. The van der Waals surface area contributed by atoms with Crippen LogP contribution in [0, 0.1) is 6.92 Å². The molecule has 4 aromatic rings. The lowest BCUT2D eigenvalue weighted by Gasteiger charge is -2.09. The molecule has 0 saturated heterocycles. The van der Waals surface area contributed by atoms with E-state index >= 15 is 0 Å². The van der Waals surface area contributed by atoms with Gasteiger partial charge in [-0.3, -0.25) is 0 Å². The van der Waals surface area contributed by atoms with Crippen LogP contribution in [0.1, 0.15) is 5.69 Å². The fraction of sp³-hybridized carbons (Fsp3) is 0.100. The van der Waals surface area contributed by atoms with E-state index in [-0.39, 0.29) is 4.90 Å². The van der Waals surface area contributed by atoms with Crippen LogP contribution in [-0.2, 0) is 10.0 Å². The third-order valence-electron chi connectivity index (χ3n) is 4.25. The summed E-state index contributed by atoms with van der Waals surface area (Å²) in [5.74, 6) is 1.32. The molecule has 3 N–H and O–H groups in total. The van der Waals surface area contributed by atoms with Crippen LogP contribution in [0.4, 0.5) is 11.6 Å². The number of rotatable bonds is 6. The molecule has 2 aromatic carbocycles. The van der Waals surface area contributed by atoms with Gasteiger partial charge in [0.25, 0.3) is 0 Å². The average molecular weight is 409 g/mol. The van der Waals surface area contributed by atoms with Crippen molar-refractivity contribution in [3.05, 3.63) is 66.5 Å². The lowest BCUT2D eigenvalue weighted by molar-refractivity contribution is 0.463. The summed E-state index contributed by atoms with van der Waals surface area (Å²) in [6.45, 7) is 2.00. The molecule has 2 aromatic heterocycles. The normalized spacial score (nSPS) is 11.5. The molecule has 0 bridgehead atoms. The predicted molar refractivity (Wildman–Crippen MR) is 111 cm³/mol. The Morgan fingerprint density at radius 3 is 2.76 bits per heavy atom. The number of nitrogens with zero attached hydrogens (tertiary/aromatic N) is 2. The Morgan fingerprint density at radius 1 is 1.07 bits per heavy atom. The highest BCUT2D eigenvalue weighted by Gasteiger charge is 2.12. The lowest BCUT2D eigenvalue weighted by Crippen LogP contribution is -2.18. The fourth-order valence-corrected chi connectivity index (χ4v) is 3.66. The van der Waals surface area contributed by atoms with Gasteiger partial charge in [-0.15, -0.1) is 0 Å². The van der Waals surface area contributed by atoms with Gasteiger partial charge in [-0.2, -0.15) is 4.98 Å². The summed E-state index contributed by atoms with van der Waals surface area (Å²) < 4.78 is 32.1. The first-order valence-electron chi connectivity index (χ1n) is 8.84. The molecular formula is C20H19N5O3S. The van der Waals surface area contributed by atoms with E-state index in [1.54, 1.807) is 24.4 Å². The molecule has 0 atom stereocenters. The Kier molecular flexibility index (Phi) is 4.91. The number of nitrogens with one attached hydrogen (secondary N) is 3. The number of hydrogen-bond acceptors (Lipinski definition) is 6. The van der Waals surface area contributed by atoms with Crippen LogP contribution >= 0.6 is 0 Å². The first-order chi connectivity index (χ1) is 13.9. The van der Waals surface area contributed by atoms with Crippen LogP contribution in [0.25, 0.3) is 10.9 Å². The molecule has 0 radical (unpaired) electrons. The number of sulfonamides is 1. The second-order valence-electron chi connectivity index (χ2n) is 6.38. The van der Waals surface area contributed by atoms with Crippen LogP contribution in [0.15, 0.2) is 65.7 Å². The molecule has 2 heterocycles. The Hall–Kier alpha value is -3.43. The van der Waals surface area contributed by atoms with Crippen molar-refractivity contribution in [2.24, 2.45) is 0 Å². The maximum atomic E-state index is 12.0. The number of aromatic amines is 1. The highest BCUT2D eigenvalue weighted by atomic mass is 32.2. The van der Waals surface area contributed by atoms with E-state index in [4.69, 9.17) is 4.74 Å². The Balaban J connectivity index is 1.55. The van der Waals surface area contributed by atoms with Crippen molar-refractivity contribution < 1.29 is 13.2 Å². The number of ether oxygens (including phenoxy) is 1. The molecule has 0 amide bonds. The molecule has 0 aliphatic rings. The van der Waals surface area contributed by atoms with Gasteiger partial charge in [-0.25, -0.2) is 18.1 Å². The molecular weight excluding hydrogens is 390 g/mol. The summed E-state index contributed by atoms with van der Waals surface area (Å²) in [6, 6.07) is 15.8. The number of anilines is 2. The molecule has 8 nitrogen and oxygen atoms in total. The van der Waals surface area contributed by atoms with Gasteiger partial charge in [0.15, 0.2) is 0 Å². The second kappa shape index (κ2) is 7.53. The minimum absolute atomic E-state index is 0.146. The van der Waals surface area contributed by atoms with Crippen molar-refractivity contribution in [3.8, 4) is 11.6 Å². The smallest absolute Gasteiger partial charge is 0.240 e. The summed E-state index contributed by atoms with van der Waals surface area (Å²) in [5, 5.41) is 4.05. The first-order valence-corrected chi connectivity index (χ1v) is 10.3. The Morgan fingerprint density at radius 2 is 1.93 bits per heavy atom. The van der Waals surface area contributed by atoms with Crippen LogP contribution in [0.3, 0.4) is 0 Å². The van der Waals surface area contributed by atoms with Gasteiger partial charge >= 0.3 is 0 Å². The summed E-state index contributed by atoms with van der Waals surface area (Å²) in [5.41, 5.74) is 2.66. The quantitative estimate of drug-likeness (QED) is 0.448. The van der Waals surface area contributed by atoms with Crippen molar-refractivity contribution in [1.82, 2.24) is 19.7 Å². The molecule has 0 spiro atoms. The zero-order valence-corrected chi connectivity index (χ0v) is 16.6. The van der Waals surface area contributed by atoms with E-state index in [1.807, 2.05) is 31.2 Å². The maximum Gasteiger partial charge on any atom is 0.240 e. The van der Waals surface area contributed by atoms with Gasteiger partial charge in [0.05, 0.1) is 4.90 Å². The minimum Gasteiger partial charge on any atom is -0.439 e. The van der Waals surface area contributed by atoms with Crippen molar-refractivity contribution in [3.63, 3.8) is 0 Å². The highest BCUT2D eigenvalue weighted by molar-refractivity contribution is 7.89. The molecule has 4 rings (SSSR count). The summed E-state index contributed by atoms with van der Waals surface area (Å²) in [6.07, 6.45) is 1.57. The second-order valence-corrected chi connectivity index (χ2v) is 8.27. The molecule has 29 heavy (non-hydrogen) atoms. The maximum absolute atomic E-state index is 12.0. The number of H-pyrrole nitrogens is 1. The zero-order chi connectivity index (χ0) is 20.4. The van der Waals surface area contributed by atoms with Crippen molar-refractivity contribution in [1.29, 1.82) is 0 Å². The van der Waals surface area contributed by atoms with Gasteiger partial charge in [0.2, 0.25) is 21.9 Å². The topological polar surface area (TPSA) is 109 Å². The number of aryl methyl sites for hydroxylation is 1. The van der Waals surface area contributed by atoms with E-state index in [0.717, 1.165) is 16.6 Å². The van der Waals surface area contributed by atoms with Crippen LogP contribution in [0.2, 0.25) is 0 Å². The Bertz CT molecular complexity index is 1280. The fourth-order valence-electron chi connectivity index (χ4n) is 2.89. The van der Waals surface area contributed by atoms with Crippen molar-refractivity contribution in [2.45, 2.75) is 11.8 Å². The predicted octanol–water partition coefficient (Wildman–Crippen LogP) is 3.71. The van der Waals surface area contributed by atoms with E-state index in [2.05, 4.69) is 25.0 Å². The number of hydrogen-bond donors (Lipinski definition) is 3. The van der Waals surface area contributed by atoms with Gasteiger partial charge < -0.3 is 15.0 Å². The SMILES string of the molecule is CNS(=O)(=O)c1cccc(Nc2nccc(Oc3ccc4[nH]c(C)cc4c3)n2)c1. The zero-order valence-electron chi connectivity index (χ0n) is 15.8. The van der Waals surface area contributed by atoms with Gasteiger partial charge in [-0.05, 0) is 56.4 Å². The summed E-state index contributed by atoms with van der Waals surface area (Å²) in [7, 11) is -2.17. The van der Waals surface area contributed by atoms with Crippen molar-refractivity contribution in [2.75, 3.05) is 12.4 Å². The minimum atomic E-state index is -3.54. The van der Waals surface area contributed by atoms with Crippen LogP contribution in [-0.4, -0.2) is 30.4 Å². The lowest BCUT2D eigenvalue weighted by atomic mass is 10.2. The molecule has 0 unspecified atom stereocenters. The molecule has 0 aliphatic carbocycles. The van der Waals surface area contributed by atoms with Gasteiger partial charge in [0.1, 0.15) is 5.75 Å². The van der Waals surface area contributed by atoms with Crippen LogP contribution < -0.4 is 14.8 Å².